The number of benzene rings is 2. The lowest BCUT2D eigenvalue weighted by Gasteiger charge is -2.16. The Morgan fingerprint density at radius 1 is 1.04 bits per heavy atom. The van der Waals surface area contributed by atoms with Crippen molar-refractivity contribution >= 4 is 5.91 Å². The van der Waals surface area contributed by atoms with Gasteiger partial charge in [0.05, 0.1) is 6.10 Å². The van der Waals surface area contributed by atoms with Crippen LogP contribution >= 0.6 is 0 Å². The third kappa shape index (κ3) is 5.10. The SMILES string of the molecule is CC(C)Oc1ccc(CCCNC(=O)c2ccc3c(c2)CCCC3)cc1. The topological polar surface area (TPSA) is 38.3 Å². The summed E-state index contributed by atoms with van der Waals surface area (Å²) in [6, 6.07) is 14.4. The van der Waals surface area contributed by atoms with Crippen LogP contribution in [0.5, 0.6) is 5.75 Å². The molecule has 0 aromatic heterocycles. The number of aryl methyl sites for hydroxylation is 3. The van der Waals surface area contributed by atoms with E-state index >= 15 is 0 Å². The first-order valence-electron chi connectivity index (χ1n) is 9.77. The van der Waals surface area contributed by atoms with Crippen molar-refractivity contribution in [2.24, 2.45) is 0 Å². The Morgan fingerprint density at radius 2 is 1.77 bits per heavy atom. The maximum Gasteiger partial charge on any atom is 0.251 e. The van der Waals surface area contributed by atoms with Crippen LogP contribution in [0.3, 0.4) is 0 Å². The van der Waals surface area contributed by atoms with Gasteiger partial charge in [0.2, 0.25) is 0 Å². The van der Waals surface area contributed by atoms with Gasteiger partial charge in [-0.25, -0.2) is 0 Å². The van der Waals surface area contributed by atoms with Gasteiger partial charge in [0.25, 0.3) is 5.91 Å². The number of fused-ring (bicyclic) bond motifs is 1. The summed E-state index contributed by atoms with van der Waals surface area (Å²) in [7, 11) is 0. The number of hydrogen-bond donors (Lipinski definition) is 1. The van der Waals surface area contributed by atoms with Gasteiger partial charge in [-0.15, -0.1) is 0 Å². The molecule has 0 fully saturated rings. The fourth-order valence-electron chi connectivity index (χ4n) is 3.48. The quantitative estimate of drug-likeness (QED) is 0.733. The second-order valence-electron chi connectivity index (χ2n) is 7.36. The minimum Gasteiger partial charge on any atom is -0.491 e. The number of carbonyl (C=O) groups excluding carboxylic acids is 1. The molecule has 0 heterocycles. The van der Waals surface area contributed by atoms with Crippen LogP contribution in [0.25, 0.3) is 0 Å². The molecule has 0 unspecified atom stereocenters. The summed E-state index contributed by atoms with van der Waals surface area (Å²) in [5, 5.41) is 3.05. The molecule has 26 heavy (non-hydrogen) atoms. The molecule has 1 aliphatic carbocycles. The Hall–Kier alpha value is -2.29. The molecule has 2 aromatic carbocycles. The van der Waals surface area contributed by atoms with Crippen molar-refractivity contribution in [3.05, 3.63) is 64.7 Å². The zero-order valence-corrected chi connectivity index (χ0v) is 15.9. The van der Waals surface area contributed by atoms with Crippen molar-refractivity contribution in [3.8, 4) is 5.75 Å². The van der Waals surface area contributed by atoms with Crippen molar-refractivity contribution in [3.63, 3.8) is 0 Å². The zero-order chi connectivity index (χ0) is 18.4. The van der Waals surface area contributed by atoms with E-state index in [1.54, 1.807) is 0 Å². The minimum absolute atomic E-state index is 0.0408. The van der Waals surface area contributed by atoms with E-state index in [0.717, 1.165) is 37.0 Å². The van der Waals surface area contributed by atoms with Crippen molar-refractivity contribution in [1.82, 2.24) is 5.32 Å². The number of carbonyl (C=O) groups is 1. The molecule has 0 saturated heterocycles. The van der Waals surface area contributed by atoms with E-state index in [1.165, 1.54) is 29.5 Å². The zero-order valence-electron chi connectivity index (χ0n) is 15.9. The third-order valence-corrected chi connectivity index (χ3v) is 4.83. The van der Waals surface area contributed by atoms with E-state index in [-0.39, 0.29) is 12.0 Å². The Bertz CT molecular complexity index is 734. The van der Waals surface area contributed by atoms with E-state index in [0.29, 0.717) is 6.54 Å². The molecule has 1 amide bonds. The summed E-state index contributed by atoms with van der Waals surface area (Å²) in [6.45, 7) is 4.75. The molecule has 1 aliphatic rings. The van der Waals surface area contributed by atoms with Crippen molar-refractivity contribution in [2.45, 2.75) is 58.5 Å². The largest absolute Gasteiger partial charge is 0.491 e. The molecule has 3 nitrogen and oxygen atoms in total. The summed E-state index contributed by atoms with van der Waals surface area (Å²) in [4.78, 5) is 12.4. The first-order chi connectivity index (χ1) is 12.6. The monoisotopic (exact) mass is 351 g/mol. The summed E-state index contributed by atoms with van der Waals surface area (Å²) >= 11 is 0. The summed E-state index contributed by atoms with van der Waals surface area (Å²) < 4.78 is 5.66. The molecule has 1 N–H and O–H groups in total. The van der Waals surface area contributed by atoms with Gasteiger partial charge < -0.3 is 10.1 Å². The standard InChI is InChI=1S/C23H29NO2/c1-17(2)26-22-13-9-18(10-14-22)6-5-15-24-23(25)21-12-11-19-7-3-4-8-20(19)16-21/h9-14,16-17H,3-8,15H2,1-2H3,(H,24,25). The summed E-state index contributed by atoms with van der Waals surface area (Å²) in [6.07, 6.45) is 6.83. The molecule has 0 saturated carbocycles. The van der Waals surface area contributed by atoms with Gasteiger partial charge >= 0.3 is 0 Å². The first kappa shape index (κ1) is 18.5. The van der Waals surface area contributed by atoms with Crippen LogP contribution in [-0.2, 0) is 19.3 Å². The molecule has 2 aromatic rings. The van der Waals surface area contributed by atoms with E-state index in [1.807, 2.05) is 32.0 Å². The molecule has 0 spiro atoms. The van der Waals surface area contributed by atoms with Gasteiger partial charge in [0.1, 0.15) is 5.75 Å². The molecule has 138 valence electrons. The van der Waals surface area contributed by atoms with Crippen molar-refractivity contribution < 1.29 is 9.53 Å². The summed E-state index contributed by atoms with van der Waals surface area (Å²) in [5.41, 5.74) is 4.83. The Balaban J connectivity index is 1.44. The molecule has 3 heteroatoms. The number of amides is 1. The molecule has 3 rings (SSSR count). The highest BCUT2D eigenvalue weighted by Crippen LogP contribution is 2.22. The molecule has 0 bridgehead atoms. The van der Waals surface area contributed by atoms with Gasteiger partial charge in [-0.3, -0.25) is 4.79 Å². The van der Waals surface area contributed by atoms with Gasteiger partial charge in [0.15, 0.2) is 0 Å². The van der Waals surface area contributed by atoms with Crippen LogP contribution in [0.15, 0.2) is 42.5 Å². The van der Waals surface area contributed by atoms with Crippen LogP contribution in [-0.4, -0.2) is 18.6 Å². The highest BCUT2D eigenvalue weighted by Gasteiger charge is 2.12. The van der Waals surface area contributed by atoms with Gasteiger partial charge in [-0.2, -0.15) is 0 Å². The summed E-state index contributed by atoms with van der Waals surface area (Å²) in [5.74, 6) is 0.948. The average Bonchev–Trinajstić information content (AvgIpc) is 2.65. The van der Waals surface area contributed by atoms with Crippen molar-refractivity contribution in [2.75, 3.05) is 6.54 Å². The lowest BCUT2D eigenvalue weighted by molar-refractivity contribution is 0.0953. The van der Waals surface area contributed by atoms with Crippen LogP contribution in [0.2, 0.25) is 0 Å². The average molecular weight is 351 g/mol. The Kier molecular flexibility index (Phi) is 6.32. The molecule has 0 aliphatic heterocycles. The Morgan fingerprint density at radius 3 is 2.50 bits per heavy atom. The van der Waals surface area contributed by atoms with E-state index in [9.17, 15) is 4.79 Å². The van der Waals surface area contributed by atoms with Gasteiger partial charge in [0, 0.05) is 12.1 Å². The molecular formula is C23H29NO2. The number of nitrogens with one attached hydrogen (secondary N) is 1. The number of rotatable bonds is 7. The highest BCUT2D eigenvalue weighted by molar-refractivity contribution is 5.94. The normalized spacial score (nSPS) is 13.3. The van der Waals surface area contributed by atoms with Crippen LogP contribution in [0, 0.1) is 0 Å². The predicted molar refractivity (Wildman–Crippen MR) is 106 cm³/mol. The molecule has 0 radical (unpaired) electrons. The van der Waals surface area contributed by atoms with Gasteiger partial charge in [-0.1, -0.05) is 18.2 Å². The minimum atomic E-state index is 0.0408. The second kappa shape index (κ2) is 8.88. The second-order valence-corrected chi connectivity index (χ2v) is 7.36. The predicted octanol–water partition coefficient (Wildman–Crippen LogP) is 4.72. The van der Waals surface area contributed by atoms with E-state index < -0.39 is 0 Å². The lowest BCUT2D eigenvalue weighted by Crippen LogP contribution is -2.25. The third-order valence-electron chi connectivity index (χ3n) is 4.83. The maximum absolute atomic E-state index is 12.4. The number of ether oxygens (including phenoxy) is 1. The first-order valence-corrected chi connectivity index (χ1v) is 9.77. The van der Waals surface area contributed by atoms with Crippen LogP contribution < -0.4 is 10.1 Å². The fraction of sp³-hybridized carbons (Fsp3) is 0.435. The maximum atomic E-state index is 12.4. The molecule has 0 atom stereocenters. The highest BCUT2D eigenvalue weighted by atomic mass is 16.5. The Labute approximate surface area is 156 Å². The van der Waals surface area contributed by atoms with Crippen LogP contribution in [0.1, 0.15) is 60.2 Å². The van der Waals surface area contributed by atoms with E-state index in [2.05, 4.69) is 29.6 Å². The van der Waals surface area contributed by atoms with Gasteiger partial charge in [-0.05, 0) is 93.3 Å². The van der Waals surface area contributed by atoms with E-state index in [4.69, 9.17) is 4.74 Å². The lowest BCUT2D eigenvalue weighted by atomic mass is 9.90. The number of hydrogen-bond acceptors (Lipinski definition) is 2. The van der Waals surface area contributed by atoms with Crippen molar-refractivity contribution in [1.29, 1.82) is 0 Å². The molecular weight excluding hydrogens is 322 g/mol. The smallest absolute Gasteiger partial charge is 0.251 e. The fourth-order valence-corrected chi connectivity index (χ4v) is 3.48. The van der Waals surface area contributed by atoms with Crippen LogP contribution in [0.4, 0.5) is 0 Å².